The Balaban J connectivity index is 2.73. The molecule has 21 heavy (non-hydrogen) atoms. The van der Waals surface area contributed by atoms with E-state index in [0.29, 0.717) is 25.1 Å². The van der Waals surface area contributed by atoms with Crippen molar-refractivity contribution < 1.29 is 14.3 Å². The Morgan fingerprint density at radius 3 is 2.19 bits per heavy atom. The molecule has 1 amide bonds. The van der Waals surface area contributed by atoms with Gasteiger partial charge in [-0.25, -0.2) is 4.79 Å². The summed E-state index contributed by atoms with van der Waals surface area (Å²) in [7, 11) is 5.33. The van der Waals surface area contributed by atoms with Crippen molar-refractivity contribution in [3.05, 3.63) is 35.4 Å². The van der Waals surface area contributed by atoms with Crippen LogP contribution in [0.1, 0.15) is 29.3 Å². The quantitative estimate of drug-likeness (QED) is 0.719. The van der Waals surface area contributed by atoms with Crippen molar-refractivity contribution in [2.45, 2.75) is 19.9 Å². The number of esters is 1. The maximum atomic E-state index is 12.0. The molecule has 0 unspecified atom stereocenters. The molecule has 0 fully saturated rings. The van der Waals surface area contributed by atoms with Crippen molar-refractivity contribution in [2.24, 2.45) is 0 Å². The lowest BCUT2D eigenvalue weighted by Crippen LogP contribution is -2.35. The predicted molar refractivity (Wildman–Crippen MR) is 82.0 cm³/mol. The molecular weight excluding hydrogens is 268 g/mol. The standard InChI is InChI=1S/C16H24N2O3/c1-5-15(19)18(11-10-17(2)3)12-13-6-8-14(9-7-13)16(20)21-4/h6-9H,5,10-12H2,1-4H3. The highest BCUT2D eigenvalue weighted by Gasteiger charge is 2.13. The molecule has 0 saturated heterocycles. The molecule has 0 aliphatic rings. The lowest BCUT2D eigenvalue weighted by molar-refractivity contribution is -0.131. The molecule has 0 aromatic heterocycles. The van der Waals surface area contributed by atoms with Gasteiger partial charge in [0.2, 0.25) is 5.91 Å². The second-order valence-corrected chi connectivity index (χ2v) is 5.16. The van der Waals surface area contributed by atoms with Gasteiger partial charge in [0.1, 0.15) is 0 Å². The Bertz CT molecular complexity index is 469. The van der Waals surface area contributed by atoms with Gasteiger partial charge in [0, 0.05) is 26.1 Å². The van der Waals surface area contributed by atoms with Crippen LogP contribution >= 0.6 is 0 Å². The predicted octanol–water partition coefficient (Wildman–Crippen LogP) is 1.77. The van der Waals surface area contributed by atoms with Gasteiger partial charge < -0.3 is 14.5 Å². The highest BCUT2D eigenvalue weighted by molar-refractivity contribution is 5.89. The smallest absolute Gasteiger partial charge is 0.337 e. The van der Waals surface area contributed by atoms with Crippen molar-refractivity contribution in [2.75, 3.05) is 34.3 Å². The molecule has 116 valence electrons. The number of hydrogen-bond acceptors (Lipinski definition) is 4. The molecule has 0 atom stereocenters. The lowest BCUT2D eigenvalue weighted by atomic mass is 10.1. The SMILES string of the molecule is CCC(=O)N(CCN(C)C)Cc1ccc(C(=O)OC)cc1. The maximum Gasteiger partial charge on any atom is 0.337 e. The molecule has 5 nitrogen and oxygen atoms in total. The van der Waals surface area contributed by atoms with Gasteiger partial charge in [-0.3, -0.25) is 4.79 Å². The first kappa shape index (κ1) is 17.2. The highest BCUT2D eigenvalue weighted by atomic mass is 16.5. The number of benzene rings is 1. The van der Waals surface area contributed by atoms with E-state index in [1.807, 2.05) is 38.1 Å². The van der Waals surface area contributed by atoms with Crippen LogP contribution in [0.15, 0.2) is 24.3 Å². The van der Waals surface area contributed by atoms with Gasteiger partial charge in [0.15, 0.2) is 0 Å². The van der Waals surface area contributed by atoms with Crippen molar-refractivity contribution in [1.82, 2.24) is 9.80 Å². The second kappa shape index (κ2) is 8.42. The first-order chi connectivity index (χ1) is 9.97. The molecular formula is C16H24N2O3. The van der Waals surface area contributed by atoms with E-state index < -0.39 is 0 Å². The van der Waals surface area contributed by atoms with E-state index in [0.717, 1.165) is 12.1 Å². The molecule has 0 bridgehead atoms. The number of carbonyl (C=O) groups is 2. The summed E-state index contributed by atoms with van der Waals surface area (Å²) in [6, 6.07) is 7.17. The lowest BCUT2D eigenvalue weighted by Gasteiger charge is -2.24. The molecule has 1 rings (SSSR count). The van der Waals surface area contributed by atoms with Gasteiger partial charge >= 0.3 is 5.97 Å². The molecule has 5 heteroatoms. The van der Waals surface area contributed by atoms with Crippen molar-refractivity contribution in [3.63, 3.8) is 0 Å². The van der Waals surface area contributed by atoms with Crippen molar-refractivity contribution in [3.8, 4) is 0 Å². The van der Waals surface area contributed by atoms with Crippen LogP contribution in [0.3, 0.4) is 0 Å². The summed E-state index contributed by atoms with van der Waals surface area (Å²) >= 11 is 0. The van der Waals surface area contributed by atoms with Crippen LogP contribution in [-0.4, -0.2) is 56.0 Å². The van der Waals surface area contributed by atoms with E-state index >= 15 is 0 Å². The number of amides is 1. The van der Waals surface area contributed by atoms with E-state index in [1.54, 1.807) is 12.1 Å². The molecule has 0 aliphatic carbocycles. The third kappa shape index (κ3) is 5.55. The van der Waals surface area contributed by atoms with E-state index in [4.69, 9.17) is 0 Å². The molecule has 0 saturated carbocycles. The van der Waals surface area contributed by atoms with Crippen molar-refractivity contribution in [1.29, 1.82) is 0 Å². The third-order valence-corrected chi connectivity index (χ3v) is 3.22. The molecule has 1 aromatic carbocycles. The number of carbonyl (C=O) groups excluding carboxylic acids is 2. The second-order valence-electron chi connectivity index (χ2n) is 5.16. The minimum absolute atomic E-state index is 0.133. The van der Waals surface area contributed by atoms with Gasteiger partial charge in [-0.05, 0) is 31.8 Å². The van der Waals surface area contributed by atoms with E-state index in [1.165, 1.54) is 7.11 Å². The first-order valence-electron chi connectivity index (χ1n) is 7.07. The Hall–Kier alpha value is -1.88. The summed E-state index contributed by atoms with van der Waals surface area (Å²) in [6.45, 7) is 3.94. The average Bonchev–Trinajstić information content (AvgIpc) is 2.50. The number of likely N-dealkylation sites (N-methyl/N-ethyl adjacent to an activating group) is 1. The van der Waals surface area contributed by atoms with E-state index in [2.05, 4.69) is 9.64 Å². The normalized spacial score (nSPS) is 10.5. The largest absolute Gasteiger partial charge is 0.465 e. The Morgan fingerprint density at radius 1 is 1.10 bits per heavy atom. The highest BCUT2D eigenvalue weighted by Crippen LogP contribution is 2.09. The minimum Gasteiger partial charge on any atom is -0.465 e. The van der Waals surface area contributed by atoms with Crippen molar-refractivity contribution >= 4 is 11.9 Å². The molecule has 0 radical (unpaired) electrons. The van der Waals surface area contributed by atoms with Gasteiger partial charge in [-0.1, -0.05) is 19.1 Å². The van der Waals surface area contributed by atoms with Crippen LogP contribution in [-0.2, 0) is 16.1 Å². The molecule has 0 N–H and O–H groups in total. The number of methoxy groups -OCH3 is 1. The Kier molecular flexibility index (Phi) is 6.88. The fourth-order valence-electron chi connectivity index (χ4n) is 1.92. The van der Waals surface area contributed by atoms with Crippen LogP contribution in [0.5, 0.6) is 0 Å². The molecule has 0 aliphatic heterocycles. The zero-order valence-electron chi connectivity index (χ0n) is 13.3. The summed E-state index contributed by atoms with van der Waals surface area (Å²) in [4.78, 5) is 27.3. The van der Waals surface area contributed by atoms with Crippen LogP contribution in [0.4, 0.5) is 0 Å². The van der Waals surface area contributed by atoms with Gasteiger partial charge in [-0.15, -0.1) is 0 Å². The van der Waals surface area contributed by atoms with Gasteiger partial charge in [-0.2, -0.15) is 0 Å². The van der Waals surface area contributed by atoms with Crippen LogP contribution in [0, 0.1) is 0 Å². The number of nitrogens with zero attached hydrogens (tertiary/aromatic N) is 2. The van der Waals surface area contributed by atoms with E-state index in [-0.39, 0.29) is 11.9 Å². The molecule has 0 heterocycles. The first-order valence-corrected chi connectivity index (χ1v) is 7.07. The molecule has 0 spiro atoms. The number of ether oxygens (including phenoxy) is 1. The monoisotopic (exact) mass is 292 g/mol. The van der Waals surface area contributed by atoms with Crippen LogP contribution < -0.4 is 0 Å². The summed E-state index contributed by atoms with van der Waals surface area (Å²) in [6.07, 6.45) is 0.494. The number of rotatable bonds is 7. The van der Waals surface area contributed by atoms with Gasteiger partial charge in [0.05, 0.1) is 12.7 Å². The molecule has 1 aromatic rings. The van der Waals surface area contributed by atoms with Gasteiger partial charge in [0.25, 0.3) is 0 Å². The minimum atomic E-state index is -0.351. The number of hydrogen-bond donors (Lipinski definition) is 0. The zero-order valence-corrected chi connectivity index (χ0v) is 13.3. The fourth-order valence-corrected chi connectivity index (χ4v) is 1.92. The average molecular weight is 292 g/mol. The summed E-state index contributed by atoms with van der Waals surface area (Å²) in [5.74, 6) is -0.218. The summed E-state index contributed by atoms with van der Waals surface area (Å²) < 4.78 is 4.67. The maximum absolute atomic E-state index is 12.0. The van der Waals surface area contributed by atoms with Crippen LogP contribution in [0.2, 0.25) is 0 Å². The fraction of sp³-hybridized carbons (Fsp3) is 0.500. The van der Waals surface area contributed by atoms with E-state index in [9.17, 15) is 9.59 Å². The summed E-state index contributed by atoms with van der Waals surface area (Å²) in [5.41, 5.74) is 1.52. The van der Waals surface area contributed by atoms with Crippen LogP contribution in [0.25, 0.3) is 0 Å². The zero-order chi connectivity index (χ0) is 15.8. The Labute approximate surface area is 126 Å². The third-order valence-electron chi connectivity index (χ3n) is 3.22. The topological polar surface area (TPSA) is 49.9 Å². The Morgan fingerprint density at radius 2 is 1.71 bits per heavy atom. The summed E-state index contributed by atoms with van der Waals surface area (Å²) in [5, 5.41) is 0.